The summed E-state index contributed by atoms with van der Waals surface area (Å²) in [5.41, 5.74) is 6.69. The number of nitrogen functional groups attached to an aromatic ring is 1. The van der Waals surface area contributed by atoms with Crippen molar-refractivity contribution in [1.82, 2.24) is 4.98 Å². The van der Waals surface area contributed by atoms with Gasteiger partial charge in [-0.05, 0) is 59.5 Å². The second-order valence-corrected chi connectivity index (χ2v) is 5.85. The molecule has 0 spiro atoms. The van der Waals surface area contributed by atoms with E-state index in [1.54, 1.807) is 6.20 Å². The Labute approximate surface area is 104 Å². The summed E-state index contributed by atoms with van der Waals surface area (Å²) in [5.74, 6) is 2.57. The predicted molar refractivity (Wildman–Crippen MR) is 69.2 cm³/mol. The van der Waals surface area contributed by atoms with E-state index >= 15 is 0 Å². The van der Waals surface area contributed by atoms with Crippen LogP contribution in [-0.2, 0) is 0 Å². The van der Waals surface area contributed by atoms with Crippen LogP contribution in [0.15, 0.2) is 16.7 Å². The standard InChI is InChI=1S/C12H16BrN3/c13-9-5-10(14)12(15-6-9)16-11(7-1-2-7)8-3-4-8/h5-8,11H,1-4,14H2,(H,15,16). The minimum atomic E-state index is 0.607. The van der Waals surface area contributed by atoms with E-state index in [4.69, 9.17) is 5.73 Å². The number of aromatic nitrogens is 1. The molecule has 0 atom stereocenters. The second kappa shape index (κ2) is 3.91. The van der Waals surface area contributed by atoms with Gasteiger partial charge < -0.3 is 11.1 Å². The molecule has 1 aromatic heterocycles. The van der Waals surface area contributed by atoms with Crippen LogP contribution in [-0.4, -0.2) is 11.0 Å². The number of rotatable bonds is 4. The highest BCUT2D eigenvalue weighted by atomic mass is 79.9. The molecule has 3 rings (SSSR count). The smallest absolute Gasteiger partial charge is 0.149 e. The van der Waals surface area contributed by atoms with E-state index in [1.165, 1.54) is 25.7 Å². The number of hydrogen-bond donors (Lipinski definition) is 2. The minimum absolute atomic E-state index is 0.607. The van der Waals surface area contributed by atoms with Crippen LogP contribution >= 0.6 is 15.9 Å². The van der Waals surface area contributed by atoms with Crippen molar-refractivity contribution in [2.45, 2.75) is 31.7 Å². The molecule has 0 aliphatic heterocycles. The lowest BCUT2D eigenvalue weighted by Gasteiger charge is -2.19. The molecule has 4 heteroatoms. The molecule has 16 heavy (non-hydrogen) atoms. The van der Waals surface area contributed by atoms with Crippen LogP contribution in [0.25, 0.3) is 0 Å². The largest absolute Gasteiger partial charge is 0.396 e. The third-order valence-electron chi connectivity index (χ3n) is 3.45. The van der Waals surface area contributed by atoms with Gasteiger partial charge in [-0.15, -0.1) is 0 Å². The predicted octanol–water partition coefficient (Wildman–Crippen LogP) is 3.03. The molecule has 2 aliphatic carbocycles. The molecule has 0 unspecified atom stereocenters. The quantitative estimate of drug-likeness (QED) is 0.892. The fourth-order valence-electron chi connectivity index (χ4n) is 2.26. The Morgan fingerprint density at radius 3 is 2.44 bits per heavy atom. The maximum absolute atomic E-state index is 5.96. The lowest BCUT2D eigenvalue weighted by atomic mass is 10.1. The summed E-state index contributed by atoms with van der Waals surface area (Å²) in [6.45, 7) is 0. The Morgan fingerprint density at radius 1 is 1.31 bits per heavy atom. The average Bonchev–Trinajstić information content (AvgIpc) is 3.11. The first-order chi connectivity index (χ1) is 7.74. The van der Waals surface area contributed by atoms with Crippen molar-refractivity contribution in [2.24, 2.45) is 11.8 Å². The third-order valence-corrected chi connectivity index (χ3v) is 3.88. The summed E-state index contributed by atoms with van der Waals surface area (Å²) < 4.78 is 0.935. The lowest BCUT2D eigenvalue weighted by molar-refractivity contribution is 0.566. The number of halogens is 1. The molecule has 3 N–H and O–H groups in total. The van der Waals surface area contributed by atoms with E-state index in [0.29, 0.717) is 6.04 Å². The molecular formula is C12H16BrN3. The number of nitrogens with two attached hydrogens (primary N) is 1. The number of pyridine rings is 1. The Morgan fingerprint density at radius 2 is 1.94 bits per heavy atom. The van der Waals surface area contributed by atoms with Gasteiger partial charge in [-0.1, -0.05) is 0 Å². The van der Waals surface area contributed by atoms with Gasteiger partial charge in [0, 0.05) is 16.7 Å². The van der Waals surface area contributed by atoms with E-state index < -0.39 is 0 Å². The molecule has 0 amide bonds. The highest BCUT2D eigenvalue weighted by Gasteiger charge is 2.41. The fraction of sp³-hybridized carbons (Fsp3) is 0.583. The van der Waals surface area contributed by atoms with Gasteiger partial charge in [0.2, 0.25) is 0 Å². The molecule has 0 radical (unpaired) electrons. The maximum atomic E-state index is 5.96. The van der Waals surface area contributed by atoms with Gasteiger partial charge in [0.25, 0.3) is 0 Å². The Kier molecular flexibility index (Phi) is 2.54. The van der Waals surface area contributed by atoms with Gasteiger partial charge in [0.05, 0.1) is 5.69 Å². The molecule has 0 aromatic carbocycles. The molecule has 1 heterocycles. The van der Waals surface area contributed by atoms with Crippen molar-refractivity contribution in [1.29, 1.82) is 0 Å². The zero-order valence-electron chi connectivity index (χ0n) is 9.12. The number of anilines is 2. The fourth-order valence-corrected chi connectivity index (χ4v) is 2.61. The summed E-state index contributed by atoms with van der Waals surface area (Å²) in [4.78, 5) is 4.35. The van der Waals surface area contributed by atoms with Crippen molar-refractivity contribution < 1.29 is 0 Å². The lowest BCUT2D eigenvalue weighted by Crippen LogP contribution is -2.25. The normalized spacial score (nSPS) is 20.1. The third kappa shape index (κ3) is 2.17. The van der Waals surface area contributed by atoms with E-state index in [0.717, 1.165) is 27.8 Å². The zero-order valence-corrected chi connectivity index (χ0v) is 10.7. The molecule has 2 aliphatic rings. The first kappa shape index (κ1) is 10.4. The summed E-state index contributed by atoms with van der Waals surface area (Å²) in [6, 6.07) is 2.52. The molecule has 86 valence electrons. The van der Waals surface area contributed by atoms with Crippen LogP contribution in [0, 0.1) is 11.8 Å². The summed E-state index contributed by atoms with van der Waals surface area (Å²) in [5, 5.41) is 3.54. The van der Waals surface area contributed by atoms with Crippen LogP contribution in [0.3, 0.4) is 0 Å². The molecule has 0 bridgehead atoms. The van der Waals surface area contributed by atoms with Crippen molar-refractivity contribution in [3.63, 3.8) is 0 Å². The SMILES string of the molecule is Nc1cc(Br)cnc1NC(C1CC1)C1CC1. The van der Waals surface area contributed by atoms with Crippen LogP contribution in [0.4, 0.5) is 11.5 Å². The van der Waals surface area contributed by atoms with E-state index in [9.17, 15) is 0 Å². The first-order valence-electron chi connectivity index (χ1n) is 5.91. The van der Waals surface area contributed by atoms with Crippen LogP contribution in [0.5, 0.6) is 0 Å². The van der Waals surface area contributed by atoms with Crippen molar-refractivity contribution in [2.75, 3.05) is 11.1 Å². The molecule has 2 saturated carbocycles. The highest BCUT2D eigenvalue weighted by molar-refractivity contribution is 9.10. The molecular weight excluding hydrogens is 266 g/mol. The van der Waals surface area contributed by atoms with Gasteiger partial charge in [0.15, 0.2) is 0 Å². The van der Waals surface area contributed by atoms with Gasteiger partial charge in [-0.25, -0.2) is 4.98 Å². The monoisotopic (exact) mass is 281 g/mol. The summed E-state index contributed by atoms with van der Waals surface area (Å²) in [6.07, 6.45) is 7.26. The van der Waals surface area contributed by atoms with Crippen LogP contribution in [0.1, 0.15) is 25.7 Å². The molecule has 0 saturated heterocycles. The molecule has 3 nitrogen and oxygen atoms in total. The van der Waals surface area contributed by atoms with Crippen molar-refractivity contribution >= 4 is 27.4 Å². The van der Waals surface area contributed by atoms with Gasteiger partial charge in [-0.2, -0.15) is 0 Å². The van der Waals surface area contributed by atoms with E-state index in [-0.39, 0.29) is 0 Å². The van der Waals surface area contributed by atoms with Crippen LogP contribution in [0.2, 0.25) is 0 Å². The Balaban J connectivity index is 1.76. The van der Waals surface area contributed by atoms with Crippen LogP contribution < -0.4 is 11.1 Å². The maximum Gasteiger partial charge on any atom is 0.149 e. The molecule has 2 fully saturated rings. The first-order valence-corrected chi connectivity index (χ1v) is 6.71. The van der Waals surface area contributed by atoms with Gasteiger partial charge in [-0.3, -0.25) is 0 Å². The topological polar surface area (TPSA) is 50.9 Å². The number of hydrogen-bond acceptors (Lipinski definition) is 3. The average molecular weight is 282 g/mol. The summed E-state index contributed by atoms with van der Waals surface area (Å²) >= 11 is 3.37. The van der Waals surface area contributed by atoms with Crippen molar-refractivity contribution in [3.8, 4) is 0 Å². The van der Waals surface area contributed by atoms with Crippen molar-refractivity contribution in [3.05, 3.63) is 16.7 Å². The highest BCUT2D eigenvalue weighted by Crippen LogP contribution is 2.46. The molecule has 1 aromatic rings. The van der Waals surface area contributed by atoms with Gasteiger partial charge >= 0.3 is 0 Å². The zero-order chi connectivity index (χ0) is 11.1. The van der Waals surface area contributed by atoms with E-state index in [2.05, 4.69) is 26.2 Å². The van der Waals surface area contributed by atoms with E-state index in [1.807, 2.05) is 6.07 Å². The number of nitrogens with one attached hydrogen (secondary N) is 1. The Hall–Kier alpha value is -0.770. The number of nitrogens with zero attached hydrogens (tertiary/aromatic N) is 1. The minimum Gasteiger partial charge on any atom is -0.396 e. The Bertz CT molecular complexity index is 387. The second-order valence-electron chi connectivity index (χ2n) is 4.94. The summed E-state index contributed by atoms with van der Waals surface area (Å²) in [7, 11) is 0. The van der Waals surface area contributed by atoms with Gasteiger partial charge in [0.1, 0.15) is 5.82 Å².